The van der Waals surface area contributed by atoms with Crippen LogP contribution >= 0.6 is 34.8 Å². The molecule has 2 aromatic carbocycles. The average molecular weight is 302 g/mol. The first-order chi connectivity index (χ1) is 8.60. The van der Waals surface area contributed by atoms with Gasteiger partial charge in [-0.2, -0.15) is 0 Å². The predicted octanol–water partition coefficient (Wildman–Crippen LogP) is 5.83. The van der Waals surface area contributed by atoms with E-state index in [0.29, 0.717) is 27.4 Å². The minimum atomic E-state index is 0.379. The molecule has 0 aliphatic rings. The average Bonchev–Trinajstić information content (AvgIpc) is 2.33. The third-order valence-corrected chi connectivity index (χ3v) is 3.42. The van der Waals surface area contributed by atoms with E-state index < -0.39 is 0 Å². The molecule has 0 radical (unpaired) electrons. The number of hydrogen-bond donors (Lipinski definition) is 0. The van der Waals surface area contributed by atoms with Crippen LogP contribution in [-0.2, 0) is 5.88 Å². The van der Waals surface area contributed by atoms with E-state index >= 15 is 0 Å². The van der Waals surface area contributed by atoms with Gasteiger partial charge in [0.25, 0.3) is 0 Å². The summed E-state index contributed by atoms with van der Waals surface area (Å²) in [6.07, 6.45) is 0. The van der Waals surface area contributed by atoms with Crippen molar-refractivity contribution in [1.82, 2.24) is 0 Å². The lowest BCUT2D eigenvalue weighted by Crippen LogP contribution is -1.88. The predicted molar refractivity (Wildman–Crippen MR) is 77.3 cm³/mol. The van der Waals surface area contributed by atoms with Gasteiger partial charge in [0, 0.05) is 10.9 Å². The summed E-state index contributed by atoms with van der Waals surface area (Å²) < 4.78 is 5.68. The third kappa shape index (κ3) is 3.11. The Kier molecular flexibility index (Phi) is 4.39. The van der Waals surface area contributed by atoms with E-state index in [-0.39, 0.29) is 0 Å². The topological polar surface area (TPSA) is 9.23 Å². The Morgan fingerprint density at radius 1 is 1.00 bits per heavy atom. The van der Waals surface area contributed by atoms with E-state index in [1.54, 1.807) is 6.07 Å². The van der Waals surface area contributed by atoms with E-state index in [0.717, 1.165) is 11.1 Å². The number of benzene rings is 2. The van der Waals surface area contributed by atoms with Gasteiger partial charge >= 0.3 is 0 Å². The van der Waals surface area contributed by atoms with Crippen molar-refractivity contribution in [2.24, 2.45) is 0 Å². The second-order valence-electron chi connectivity index (χ2n) is 3.92. The van der Waals surface area contributed by atoms with Gasteiger partial charge in [-0.25, -0.2) is 0 Å². The summed E-state index contributed by atoms with van der Waals surface area (Å²) in [5.74, 6) is 1.63. The van der Waals surface area contributed by atoms with Crippen LogP contribution in [0.15, 0.2) is 36.4 Å². The normalized spacial score (nSPS) is 10.4. The molecule has 4 heteroatoms. The van der Waals surface area contributed by atoms with Gasteiger partial charge in [-0.1, -0.05) is 35.3 Å². The summed E-state index contributed by atoms with van der Waals surface area (Å²) in [6.45, 7) is 1.97. The molecule has 0 heterocycles. The molecule has 0 aliphatic carbocycles. The zero-order chi connectivity index (χ0) is 13.1. The van der Waals surface area contributed by atoms with Crippen LogP contribution < -0.4 is 4.74 Å². The first-order valence-corrected chi connectivity index (χ1v) is 6.67. The summed E-state index contributed by atoms with van der Waals surface area (Å²) >= 11 is 17.9. The number of halogens is 3. The molecular weight excluding hydrogens is 291 g/mol. The minimum Gasteiger partial charge on any atom is -0.456 e. The molecule has 1 nitrogen and oxygen atoms in total. The van der Waals surface area contributed by atoms with Crippen molar-refractivity contribution in [2.45, 2.75) is 12.8 Å². The Morgan fingerprint density at radius 2 is 1.78 bits per heavy atom. The van der Waals surface area contributed by atoms with Crippen molar-refractivity contribution >= 4 is 34.8 Å². The van der Waals surface area contributed by atoms with E-state index in [4.69, 9.17) is 39.5 Å². The van der Waals surface area contributed by atoms with Crippen molar-refractivity contribution < 1.29 is 4.74 Å². The second kappa shape index (κ2) is 5.83. The van der Waals surface area contributed by atoms with Gasteiger partial charge in [0.05, 0.1) is 5.02 Å². The van der Waals surface area contributed by atoms with E-state index in [1.807, 2.05) is 37.3 Å². The molecule has 0 spiro atoms. The minimum absolute atomic E-state index is 0.379. The Morgan fingerprint density at radius 3 is 2.39 bits per heavy atom. The largest absolute Gasteiger partial charge is 0.456 e. The van der Waals surface area contributed by atoms with Crippen molar-refractivity contribution in [3.63, 3.8) is 0 Å². The van der Waals surface area contributed by atoms with Crippen molar-refractivity contribution in [2.75, 3.05) is 0 Å². The van der Waals surface area contributed by atoms with E-state index in [9.17, 15) is 0 Å². The van der Waals surface area contributed by atoms with Crippen LogP contribution in [0.2, 0.25) is 10.0 Å². The van der Waals surface area contributed by atoms with Gasteiger partial charge in [-0.3, -0.25) is 0 Å². The van der Waals surface area contributed by atoms with Gasteiger partial charge in [-0.05, 0) is 42.3 Å². The first-order valence-electron chi connectivity index (χ1n) is 5.38. The zero-order valence-electron chi connectivity index (χ0n) is 9.71. The summed E-state index contributed by atoms with van der Waals surface area (Å²) in [4.78, 5) is 0. The van der Waals surface area contributed by atoms with Crippen LogP contribution in [0.4, 0.5) is 0 Å². The standard InChI is InChI=1S/C14H11Cl3O/c1-9-2-5-14(13(17)6-9)18-11-4-3-10(8-15)12(16)7-11/h2-7H,8H2,1H3. The highest BCUT2D eigenvalue weighted by atomic mass is 35.5. The van der Waals surface area contributed by atoms with Crippen molar-refractivity contribution in [3.05, 3.63) is 57.6 Å². The Hall–Kier alpha value is -0.890. The molecule has 0 unspecified atom stereocenters. The fourth-order valence-electron chi connectivity index (χ4n) is 1.52. The molecule has 0 saturated heterocycles. The molecule has 0 aliphatic heterocycles. The molecular formula is C14H11Cl3O. The molecule has 0 fully saturated rings. The number of alkyl halides is 1. The molecule has 0 bridgehead atoms. The quantitative estimate of drug-likeness (QED) is 0.648. The fourth-order valence-corrected chi connectivity index (χ4v) is 2.33. The first kappa shape index (κ1) is 13.5. The maximum Gasteiger partial charge on any atom is 0.146 e. The number of rotatable bonds is 3. The molecule has 94 valence electrons. The van der Waals surface area contributed by atoms with Crippen LogP contribution in [0.1, 0.15) is 11.1 Å². The zero-order valence-corrected chi connectivity index (χ0v) is 12.0. The highest BCUT2D eigenvalue weighted by Crippen LogP contribution is 2.32. The molecule has 0 atom stereocenters. The monoisotopic (exact) mass is 300 g/mol. The molecule has 2 rings (SSSR count). The Labute approximate surface area is 121 Å². The third-order valence-electron chi connectivity index (χ3n) is 2.48. The van der Waals surface area contributed by atoms with Gasteiger partial charge in [0.2, 0.25) is 0 Å². The van der Waals surface area contributed by atoms with Crippen LogP contribution in [-0.4, -0.2) is 0 Å². The molecule has 0 amide bonds. The molecule has 0 aromatic heterocycles. The lowest BCUT2D eigenvalue weighted by molar-refractivity contribution is 0.482. The molecule has 18 heavy (non-hydrogen) atoms. The lowest BCUT2D eigenvalue weighted by atomic mass is 10.2. The van der Waals surface area contributed by atoms with Crippen LogP contribution in [0.25, 0.3) is 0 Å². The van der Waals surface area contributed by atoms with E-state index in [1.165, 1.54) is 0 Å². The Bertz CT molecular complexity index is 567. The van der Waals surface area contributed by atoms with Gasteiger partial charge in [0.15, 0.2) is 0 Å². The number of hydrogen-bond acceptors (Lipinski definition) is 1. The maximum absolute atomic E-state index is 6.10. The van der Waals surface area contributed by atoms with Gasteiger partial charge in [-0.15, -0.1) is 11.6 Å². The van der Waals surface area contributed by atoms with Crippen LogP contribution in [0.3, 0.4) is 0 Å². The summed E-state index contributed by atoms with van der Waals surface area (Å²) in [7, 11) is 0. The molecule has 0 saturated carbocycles. The fraction of sp³-hybridized carbons (Fsp3) is 0.143. The highest BCUT2D eigenvalue weighted by molar-refractivity contribution is 6.32. The summed E-state index contributed by atoms with van der Waals surface area (Å²) in [5, 5.41) is 1.17. The number of ether oxygens (including phenoxy) is 1. The van der Waals surface area contributed by atoms with Crippen molar-refractivity contribution in [1.29, 1.82) is 0 Å². The Balaban J connectivity index is 2.26. The van der Waals surface area contributed by atoms with Crippen LogP contribution in [0.5, 0.6) is 11.5 Å². The molecule has 2 aromatic rings. The number of aryl methyl sites for hydroxylation is 1. The van der Waals surface area contributed by atoms with E-state index in [2.05, 4.69) is 0 Å². The molecule has 0 N–H and O–H groups in total. The summed E-state index contributed by atoms with van der Waals surface area (Å²) in [6, 6.07) is 11.0. The smallest absolute Gasteiger partial charge is 0.146 e. The summed E-state index contributed by atoms with van der Waals surface area (Å²) in [5.41, 5.74) is 1.96. The van der Waals surface area contributed by atoms with Gasteiger partial charge < -0.3 is 4.74 Å². The lowest BCUT2D eigenvalue weighted by Gasteiger charge is -2.09. The van der Waals surface area contributed by atoms with Gasteiger partial charge in [0.1, 0.15) is 11.5 Å². The highest BCUT2D eigenvalue weighted by Gasteiger charge is 2.06. The SMILES string of the molecule is Cc1ccc(Oc2ccc(CCl)c(Cl)c2)c(Cl)c1. The van der Waals surface area contributed by atoms with Crippen molar-refractivity contribution in [3.8, 4) is 11.5 Å². The van der Waals surface area contributed by atoms with Crippen LogP contribution in [0, 0.1) is 6.92 Å². The maximum atomic E-state index is 6.10. The second-order valence-corrected chi connectivity index (χ2v) is 5.00.